The highest BCUT2D eigenvalue weighted by Crippen LogP contribution is 2.14. The average Bonchev–Trinajstić information content (AvgIpc) is 2.48. The summed E-state index contributed by atoms with van der Waals surface area (Å²) in [6, 6.07) is 9.99. The van der Waals surface area contributed by atoms with Crippen LogP contribution in [0.4, 0.5) is 4.79 Å². The molecule has 1 aromatic carbocycles. The molecule has 0 saturated carbocycles. The summed E-state index contributed by atoms with van der Waals surface area (Å²) >= 11 is 0. The third-order valence-electron chi connectivity index (χ3n) is 3.09. The molecule has 2 rings (SSSR count). The number of nitrogens with zero attached hydrogens (tertiary/aromatic N) is 1. The van der Waals surface area contributed by atoms with Gasteiger partial charge in [0.2, 0.25) is 0 Å². The predicted octanol–water partition coefficient (Wildman–Crippen LogP) is 3.55. The molecule has 0 bridgehead atoms. The Balaban J connectivity index is 0.000000235. The van der Waals surface area contributed by atoms with Gasteiger partial charge >= 0.3 is 6.09 Å². The first-order valence-corrected chi connectivity index (χ1v) is 7.64. The first-order chi connectivity index (χ1) is 9.92. The van der Waals surface area contributed by atoms with Crippen molar-refractivity contribution in [2.45, 2.75) is 52.2 Å². The van der Waals surface area contributed by atoms with E-state index in [4.69, 9.17) is 10.5 Å². The van der Waals surface area contributed by atoms with E-state index in [1.807, 2.05) is 51.1 Å². The second-order valence-electron chi connectivity index (χ2n) is 6.22. The number of hydrogen-bond acceptors (Lipinski definition) is 3. The van der Waals surface area contributed by atoms with Crippen LogP contribution in [0.5, 0.6) is 0 Å². The maximum absolute atomic E-state index is 11.5. The number of likely N-dealkylation sites (tertiary alicyclic amines) is 1. The summed E-state index contributed by atoms with van der Waals surface area (Å²) in [4.78, 5) is 13.3. The van der Waals surface area contributed by atoms with E-state index in [-0.39, 0.29) is 11.7 Å². The molecule has 0 unspecified atom stereocenters. The monoisotopic (exact) mass is 292 g/mol. The van der Waals surface area contributed by atoms with E-state index in [0.29, 0.717) is 6.54 Å². The molecule has 0 atom stereocenters. The molecule has 1 heterocycles. The zero-order chi connectivity index (χ0) is 15.7. The van der Waals surface area contributed by atoms with Gasteiger partial charge < -0.3 is 15.4 Å². The molecule has 0 aliphatic carbocycles. The lowest BCUT2D eigenvalue weighted by Gasteiger charge is -2.29. The minimum Gasteiger partial charge on any atom is -0.444 e. The molecule has 118 valence electrons. The van der Waals surface area contributed by atoms with Crippen LogP contribution in [0.25, 0.3) is 0 Å². The minimum absolute atomic E-state index is 0.160. The van der Waals surface area contributed by atoms with E-state index >= 15 is 0 Å². The van der Waals surface area contributed by atoms with Crippen LogP contribution in [0.2, 0.25) is 0 Å². The highest BCUT2D eigenvalue weighted by atomic mass is 16.6. The quantitative estimate of drug-likeness (QED) is 0.861. The Bertz CT molecular complexity index is 407. The summed E-state index contributed by atoms with van der Waals surface area (Å²) in [6.45, 7) is 8.04. The number of piperidine rings is 1. The number of benzene rings is 1. The van der Waals surface area contributed by atoms with Gasteiger partial charge in [-0.15, -0.1) is 0 Å². The summed E-state index contributed by atoms with van der Waals surface area (Å²) in [5.41, 5.74) is 6.17. The summed E-state index contributed by atoms with van der Waals surface area (Å²) in [5, 5.41) is 0. The Kier molecular flexibility index (Phi) is 7.23. The van der Waals surface area contributed by atoms with E-state index in [1.54, 1.807) is 4.90 Å². The lowest BCUT2D eigenvalue weighted by molar-refractivity contribution is 0.0216. The molecule has 21 heavy (non-hydrogen) atoms. The van der Waals surface area contributed by atoms with Crippen LogP contribution in [0.1, 0.15) is 45.6 Å². The zero-order valence-electron chi connectivity index (χ0n) is 13.5. The van der Waals surface area contributed by atoms with Gasteiger partial charge in [-0.3, -0.25) is 0 Å². The highest BCUT2D eigenvalue weighted by Gasteiger charge is 2.22. The molecule has 1 saturated heterocycles. The van der Waals surface area contributed by atoms with Crippen LogP contribution < -0.4 is 5.73 Å². The lowest BCUT2D eigenvalue weighted by atomic mass is 10.1. The van der Waals surface area contributed by atoms with Gasteiger partial charge in [-0.25, -0.2) is 4.79 Å². The first-order valence-electron chi connectivity index (χ1n) is 7.64. The molecule has 1 aliphatic rings. The van der Waals surface area contributed by atoms with Gasteiger partial charge in [-0.1, -0.05) is 30.3 Å². The molecule has 4 heteroatoms. The van der Waals surface area contributed by atoms with Gasteiger partial charge in [0.1, 0.15) is 5.60 Å². The number of nitrogens with two attached hydrogens (primary N) is 1. The zero-order valence-corrected chi connectivity index (χ0v) is 13.5. The molecule has 0 radical (unpaired) electrons. The van der Waals surface area contributed by atoms with Crippen molar-refractivity contribution in [3.63, 3.8) is 0 Å². The van der Waals surface area contributed by atoms with Crippen molar-refractivity contribution < 1.29 is 9.53 Å². The molecule has 1 aromatic rings. The number of carbonyl (C=O) groups excluding carboxylic acids is 1. The summed E-state index contributed by atoms with van der Waals surface area (Å²) in [7, 11) is 0. The van der Waals surface area contributed by atoms with Gasteiger partial charge in [-0.2, -0.15) is 0 Å². The molecular weight excluding hydrogens is 264 g/mol. The van der Waals surface area contributed by atoms with E-state index < -0.39 is 0 Å². The Morgan fingerprint density at radius 1 is 1.14 bits per heavy atom. The Hall–Kier alpha value is -1.55. The third-order valence-corrected chi connectivity index (χ3v) is 3.09. The number of rotatable bonds is 1. The van der Waals surface area contributed by atoms with Crippen molar-refractivity contribution in [3.8, 4) is 0 Å². The Morgan fingerprint density at radius 2 is 1.71 bits per heavy atom. The maximum Gasteiger partial charge on any atom is 0.410 e. The summed E-state index contributed by atoms with van der Waals surface area (Å²) in [5.74, 6) is 0. The van der Waals surface area contributed by atoms with Gasteiger partial charge in [0.15, 0.2) is 0 Å². The van der Waals surface area contributed by atoms with Crippen molar-refractivity contribution in [3.05, 3.63) is 35.9 Å². The minimum atomic E-state index is -0.367. The topological polar surface area (TPSA) is 55.6 Å². The van der Waals surface area contributed by atoms with E-state index in [0.717, 1.165) is 25.9 Å². The molecule has 1 aliphatic heterocycles. The number of hydrogen-bond donors (Lipinski definition) is 1. The van der Waals surface area contributed by atoms with Crippen molar-refractivity contribution in [1.82, 2.24) is 4.90 Å². The highest BCUT2D eigenvalue weighted by molar-refractivity contribution is 5.68. The standard InChI is InChI=1S/C10H19NO2.C7H9N/c1-10(2,3)13-9(12)11-7-5-4-6-8-11;8-6-7-4-2-1-3-5-7/h4-8H2,1-3H3;1-5H,6,8H2. The lowest BCUT2D eigenvalue weighted by Crippen LogP contribution is -2.39. The van der Waals surface area contributed by atoms with Crippen molar-refractivity contribution >= 4 is 6.09 Å². The largest absolute Gasteiger partial charge is 0.444 e. The smallest absolute Gasteiger partial charge is 0.410 e. The fourth-order valence-electron chi connectivity index (χ4n) is 2.02. The van der Waals surface area contributed by atoms with E-state index in [2.05, 4.69) is 0 Å². The fraction of sp³-hybridized carbons (Fsp3) is 0.588. The Morgan fingerprint density at radius 3 is 2.14 bits per heavy atom. The van der Waals surface area contributed by atoms with Crippen LogP contribution in [0.15, 0.2) is 30.3 Å². The van der Waals surface area contributed by atoms with Crippen molar-refractivity contribution in [2.24, 2.45) is 5.73 Å². The number of carbonyl (C=O) groups is 1. The van der Waals surface area contributed by atoms with Crippen molar-refractivity contribution in [2.75, 3.05) is 13.1 Å². The number of ether oxygens (including phenoxy) is 1. The van der Waals surface area contributed by atoms with Gasteiger partial charge in [0.05, 0.1) is 0 Å². The SMILES string of the molecule is CC(C)(C)OC(=O)N1CCCCC1.NCc1ccccc1. The molecule has 0 aromatic heterocycles. The van der Waals surface area contributed by atoms with Crippen LogP contribution >= 0.6 is 0 Å². The van der Waals surface area contributed by atoms with Gasteiger partial charge in [0, 0.05) is 19.6 Å². The predicted molar refractivity (Wildman–Crippen MR) is 86.0 cm³/mol. The van der Waals surface area contributed by atoms with Crippen molar-refractivity contribution in [1.29, 1.82) is 0 Å². The summed E-state index contributed by atoms with van der Waals surface area (Å²) < 4.78 is 5.26. The normalized spacial score (nSPS) is 15.0. The second kappa shape index (κ2) is 8.67. The van der Waals surface area contributed by atoms with E-state index in [1.165, 1.54) is 12.0 Å². The van der Waals surface area contributed by atoms with Gasteiger partial charge in [0.25, 0.3) is 0 Å². The molecule has 4 nitrogen and oxygen atoms in total. The Labute approximate surface area is 128 Å². The first kappa shape index (κ1) is 17.5. The summed E-state index contributed by atoms with van der Waals surface area (Å²) in [6.07, 6.45) is 3.30. The fourth-order valence-corrected chi connectivity index (χ4v) is 2.02. The number of amides is 1. The van der Waals surface area contributed by atoms with Crippen LogP contribution in [-0.2, 0) is 11.3 Å². The van der Waals surface area contributed by atoms with Crippen LogP contribution in [0, 0.1) is 0 Å². The average molecular weight is 292 g/mol. The third kappa shape index (κ3) is 7.71. The van der Waals surface area contributed by atoms with Gasteiger partial charge in [-0.05, 0) is 45.6 Å². The molecular formula is C17H28N2O2. The van der Waals surface area contributed by atoms with Crippen LogP contribution in [0.3, 0.4) is 0 Å². The molecule has 2 N–H and O–H groups in total. The van der Waals surface area contributed by atoms with Crippen LogP contribution in [-0.4, -0.2) is 29.7 Å². The van der Waals surface area contributed by atoms with E-state index in [9.17, 15) is 4.79 Å². The molecule has 1 fully saturated rings. The molecule has 0 spiro atoms. The molecule has 1 amide bonds. The maximum atomic E-state index is 11.5. The second-order valence-corrected chi connectivity index (χ2v) is 6.22.